The maximum Gasteiger partial charge on any atom is 0.226 e. The first kappa shape index (κ1) is 15.0. The van der Waals surface area contributed by atoms with Gasteiger partial charge in [-0.3, -0.25) is 9.69 Å². The smallest absolute Gasteiger partial charge is 0.226 e. The second kappa shape index (κ2) is 5.81. The first-order chi connectivity index (χ1) is 10.6. The predicted molar refractivity (Wildman–Crippen MR) is 88.5 cm³/mol. The van der Waals surface area contributed by atoms with Crippen molar-refractivity contribution in [1.29, 1.82) is 0 Å². The van der Waals surface area contributed by atoms with E-state index in [1.54, 1.807) is 0 Å². The van der Waals surface area contributed by atoms with Gasteiger partial charge in [-0.2, -0.15) is 0 Å². The highest BCUT2D eigenvalue weighted by molar-refractivity contribution is 5.83. The summed E-state index contributed by atoms with van der Waals surface area (Å²) >= 11 is 0. The molecule has 4 bridgehead atoms. The molecule has 0 radical (unpaired) electrons. The quantitative estimate of drug-likeness (QED) is 0.865. The van der Waals surface area contributed by atoms with Gasteiger partial charge >= 0.3 is 0 Å². The van der Waals surface area contributed by atoms with E-state index in [9.17, 15) is 4.79 Å². The van der Waals surface area contributed by atoms with Crippen LogP contribution in [0.1, 0.15) is 64.7 Å². The zero-order valence-electron chi connectivity index (χ0n) is 14.2. The molecule has 0 aromatic heterocycles. The van der Waals surface area contributed by atoms with Gasteiger partial charge in [0.05, 0.1) is 0 Å². The fraction of sp³-hybridized carbons (Fsp3) is 0.947. The van der Waals surface area contributed by atoms with Crippen molar-refractivity contribution in [2.45, 2.75) is 70.8 Å². The molecule has 3 nitrogen and oxygen atoms in total. The molecule has 22 heavy (non-hydrogen) atoms. The molecular weight excluding hydrogens is 272 g/mol. The normalized spacial score (nSPS) is 44.2. The molecule has 1 N–H and O–H groups in total. The highest BCUT2D eigenvalue weighted by atomic mass is 16.2. The number of likely N-dealkylation sites (tertiary alicyclic amines) is 1. The SMILES string of the molecule is CC1CCCCN1CCNC(=O)C12CC3CC(CC(C3)C1)C2. The summed E-state index contributed by atoms with van der Waals surface area (Å²) in [7, 11) is 0. The van der Waals surface area contributed by atoms with Gasteiger partial charge in [-0.05, 0) is 82.6 Å². The zero-order valence-corrected chi connectivity index (χ0v) is 14.2. The molecule has 3 heteroatoms. The van der Waals surface area contributed by atoms with Crippen LogP contribution < -0.4 is 5.32 Å². The van der Waals surface area contributed by atoms with E-state index in [0.29, 0.717) is 11.9 Å². The average Bonchev–Trinajstić information content (AvgIpc) is 2.47. The Morgan fingerprint density at radius 2 is 1.73 bits per heavy atom. The van der Waals surface area contributed by atoms with Crippen molar-refractivity contribution in [1.82, 2.24) is 10.2 Å². The van der Waals surface area contributed by atoms with Crippen LogP contribution in [-0.2, 0) is 4.79 Å². The third-order valence-electron chi connectivity index (χ3n) is 7.15. The van der Waals surface area contributed by atoms with E-state index in [-0.39, 0.29) is 5.41 Å². The minimum absolute atomic E-state index is 0.0300. The molecule has 124 valence electrons. The molecule has 5 aliphatic rings. The van der Waals surface area contributed by atoms with Crippen LogP contribution in [0.5, 0.6) is 0 Å². The predicted octanol–water partition coefficient (Wildman–Crippen LogP) is 3.19. The van der Waals surface area contributed by atoms with Gasteiger partial charge in [0.2, 0.25) is 5.91 Å². The Hall–Kier alpha value is -0.570. The summed E-state index contributed by atoms with van der Waals surface area (Å²) in [6.07, 6.45) is 11.8. The number of carbonyl (C=O) groups is 1. The lowest BCUT2D eigenvalue weighted by molar-refractivity contribution is -0.146. The van der Waals surface area contributed by atoms with E-state index in [1.807, 2.05) is 0 Å². The number of amides is 1. The summed E-state index contributed by atoms with van der Waals surface area (Å²) < 4.78 is 0. The first-order valence-corrected chi connectivity index (χ1v) is 9.67. The van der Waals surface area contributed by atoms with Crippen molar-refractivity contribution in [2.75, 3.05) is 19.6 Å². The number of hydrogen-bond donors (Lipinski definition) is 1. The van der Waals surface area contributed by atoms with Crippen molar-refractivity contribution in [3.8, 4) is 0 Å². The van der Waals surface area contributed by atoms with Crippen molar-refractivity contribution < 1.29 is 4.79 Å². The van der Waals surface area contributed by atoms with E-state index in [0.717, 1.165) is 30.8 Å². The molecule has 0 aromatic carbocycles. The van der Waals surface area contributed by atoms with Crippen LogP contribution in [-0.4, -0.2) is 36.5 Å². The number of rotatable bonds is 4. The first-order valence-electron chi connectivity index (χ1n) is 9.67. The highest BCUT2D eigenvalue weighted by Gasteiger charge is 2.54. The van der Waals surface area contributed by atoms with Gasteiger partial charge in [-0.15, -0.1) is 0 Å². The van der Waals surface area contributed by atoms with Crippen molar-refractivity contribution >= 4 is 5.91 Å². The van der Waals surface area contributed by atoms with E-state index >= 15 is 0 Å². The molecule has 4 aliphatic carbocycles. The largest absolute Gasteiger partial charge is 0.354 e. The van der Waals surface area contributed by atoms with E-state index in [2.05, 4.69) is 17.1 Å². The summed E-state index contributed by atoms with van der Waals surface area (Å²) in [5.41, 5.74) is 0.0300. The van der Waals surface area contributed by atoms with E-state index in [1.165, 1.54) is 64.3 Å². The summed E-state index contributed by atoms with van der Waals surface area (Å²) in [4.78, 5) is 15.4. The van der Waals surface area contributed by atoms with Gasteiger partial charge in [-0.25, -0.2) is 0 Å². The van der Waals surface area contributed by atoms with Crippen LogP contribution in [0.25, 0.3) is 0 Å². The lowest BCUT2D eigenvalue weighted by Crippen LogP contribution is -2.54. The Labute approximate surface area is 135 Å². The van der Waals surface area contributed by atoms with Crippen LogP contribution in [0.2, 0.25) is 0 Å². The van der Waals surface area contributed by atoms with Crippen molar-refractivity contribution in [2.24, 2.45) is 23.2 Å². The van der Waals surface area contributed by atoms with Crippen LogP contribution in [0.15, 0.2) is 0 Å². The fourth-order valence-electron chi connectivity index (χ4n) is 6.38. The van der Waals surface area contributed by atoms with Gasteiger partial charge in [0.15, 0.2) is 0 Å². The van der Waals surface area contributed by atoms with Crippen LogP contribution >= 0.6 is 0 Å². The van der Waals surface area contributed by atoms with Gasteiger partial charge in [0, 0.05) is 24.5 Å². The Kier molecular flexibility index (Phi) is 3.96. The molecule has 0 aromatic rings. The Balaban J connectivity index is 1.31. The van der Waals surface area contributed by atoms with Gasteiger partial charge in [0.1, 0.15) is 0 Å². The van der Waals surface area contributed by atoms with Gasteiger partial charge in [0.25, 0.3) is 0 Å². The van der Waals surface area contributed by atoms with Crippen molar-refractivity contribution in [3.05, 3.63) is 0 Å². The zero-order chi connectivity index (χ0) is 15.2. The summed E-state index contributed by atoms with van der Waals surface area (Å²) in [5, 5.41) is 3.33. The van der Waals surface area contributed by atoms with Gasteiger partial charge in [-0.1, -0.05) is 6.42 Å². The molecular formula is C19H32N2O. The van der Waals surface area contributed by atoms with Crippen LogP contribution in [0.4, 0.5) is 0 Å². The maximum absolute atomic E-state index is 12.9. The summed E-state index contributed by atoms with van der Waals surface area (Å²) in [6.45, 7) is 5.44. The minimum Gasteiger partial charge on any atom is -0.354 e. The molecule has 1 unspecified atom stereocenters. The topological polar surface area (TPSA) is 32.3 Å². The molecule has 0 spiro atoms. The number of hydrogen-bond acceptors (Lipinski definition) is 2. The molecule has 1 saturated heterocycles. The second-order valence-corrected chi connectivity index (χ2v) is 8.83. The number of piperidine rings is 1. The van der Waals surface area contributed by atoms with Crippen LogP contribution in [0, 0.1) is 23.2 Å². The Morgan fingerprint density at radius 3 is 2.32 bits per heavy atom. The second-order valence-electron chi connectivity index (χ2n) is 8.83. The summed E-state index contributed by atoms with van der Waals surface area (Å²) in [6, 6.07) is 0.699. The monoisotopic (exact) mass is 304 g/mol. The molecule has 5 rings (SSSR count). The lowest BCUT2D eigenvalue weighted by Gasteiger charge is -2.55. The molecule has 1 aliphatic heterocycles. The third-order valence-corrected chi connectivity index (χ3v) is 7.15. The number of carbonyl (C=O) groups excluding carboxylic acids is 1. The highest BCUT2D eigenvalue weighted by Crippen LogP contribution is 2.60. The third kappa shape index (κ3) is 2.70. The molecule has 5 fully saturated rings. The molecule has 4 saturated carbocycles. The van der Waals surface area contributed by atoms with Gasteiger partial charge < -0.3 is 5.32 Å². The summed E-state index contributed by atoms with van der Waals surface area (Å²) in [5.74, 6) is 2.98. The number of nitrogens with zero attached hydrogens (tertiary/aromatic N) is 1. The van der Waals surface area contributed by atoms with Crippen molar-refractivity contribution in [3.63, 3.8) is 0 Å². The standard InChI is InChI=1S/C19H32N2O/c1-14-4-2-3-6-21(14)7-5-20-18(22)19-11-15-8-16(12-19)10-17(9-15)13-19/h14-17H,2-13H2,1H3,(H,20,22). The lowest BCUT2D eigenvalue weighted by atomic mass is 9.49. The molecule has 1 amide bonds. The minimum atomic E-state index is 0.0300. The average molecular weight is 304 g/mol. The Morgan fingerprint density at radius 1 is 1.09 bits per heavy atom. The number of nitrogens with one attached hydrogen (secondary N) is 1. The van der Waals surface area contributed by atoms with E-state index in [4.69, 9.17) is 0 Å². The maximum atomic E-state index is 12.9. The molecule has 1 heterocycles. The van der Waals surface area contributed by atoms with E-state index < -0.39 is 0 Å². The fourth-order valence-corrected chi connectivity index (χ4v) is 6.38. The Bertz CT molecular complexity index is 398. The van der Waals surface area contributed by atoms with Crippen LogP contribution in [0.3, 0.4) is 0 Å². The molecule has 1 atom stereocenters.